The Kier molecular flexibility index (Phi) is 7.96. The Labute approximate surface area is 166 Å². The maximum atomic E-state index is 12.8. The van der Waals surface area contributed by atoms with Crippen molar-refractivity contribution in [2.45, 2.75) is 89.9 Å². The first-order valence-electron chi connectivity index (χ1n) is 11.1. The van der Waals surface area contributed by atoms with Crippen LogP contribution in [0, 0.1) is 23.2 Å². The molecular weight excluding hydrogens is 356 g/mol. The third-order valence-corrected chi connectivity index (χ3v) is 14.2. The standard InChI is InChI=1S/C22H40O4Si/c1-6-27(7-2,8-3)15-11-12-17-16-22(20(23)25-4,21(24)26-5)19-14-10-9-13-18(17)19/h17-19H,6-16H2,1-5H3/t17-,18+,19+/m0/s1. The van der Waals surface area contributed by atoms with Crippen LogP contribution in [0.3, 0.4) is 0 Å². The van der Waals surface area contributed by atoms with Crippen molar-refractivity contribution < 1.29 is 19.1 Å². The molecule has 0 aliphatic heterocycles. The van der Waals surface area contributed by atoms with Crippen LogP contribution in [0.25, 0.3) is 0 Å². The van der Waals surface area contributed by atoms with E-state index in [-0.39, 0.29) is 17.9 Å². The van der Waals surface area contributed by atoms with Crippen molar-refractivity contribution in [3.8, 4) is 0 Å². The van der Waals surface area contributed by atoms with Gasteiger partial charge in [0.25, 0.3) is 0 Å². The molecule has 0 aromatic carbocycles. The molecule has 0 aromatic heterocycles. The number of fused-ring (bicyclic) bond motifs is 1. The number of ether oxygens (including phenoxy) is 2. The zero-order chi connectivity index (χ0) is 20.1. The molecule has 0 spiro atoms. The largest absolute Gasteiger partial charge is 0.468 e. The molecule has 27 heavy (non-hydrogen) atoms. The van der Waals surface area contributed by atoms with Crippen LogP contribution in [0.15, 0.2) is 0 Å². The van der Waals surface area contributed by atoms with Gasteiger partial charge in [0.1, 0.15) is 0 Å². The van der Waals surface area contributed by atoms with E-state index in [1.54, 1.807) is 0 Å². The Balaban J connectivity index is 2.18. The van der Waals surface area contributed by atoms with Gasteiger partial charge in [-0.1, -0.05) is 70.6 Å². The molecular formula is C22H40O4Si. The molecule has 0 unspecified atom stereocenters. The first kappa shape index (κ1) is 22.4. The van der Waals surface area contributed by atoms with E-state index in [2.05, 4.69) is 20.8 Å². The second kappa shape index (κ2) is 9.57. The number of carbonyl (C=O) groups excluding carboxylic acids is 2. The van der Waals surface area contributed by atoms with Gasteiger partial charge in [-0.25, -0.2) is 0 Å². The van der Waals surface area contributed by atoms with Gasteiger partial charge >= 0.3 is 11.9 Å². The molecule has 2 fully saturated rings. The molecule has 5 heteroatoms. The summed E-state index contributed by atoms with van der Waals surface area (Å²) in [6, 6.07) is 5.48. The third kappa shape index (κ3) is 4.13. The predicted octanol–water partition coefficient (Wildman–Crippen LogP) is 5.43. The van der Waals surface area contributed by atoms with Gasteiger partial charge in [-0.2, -0.15) is 0 Å². The van der Waals surface area contributed by atoms with E-state index >= 15 is 0 Å². The molecule has 0 saturated heterocycles. The smallest absolute Gasteiger partial charge is 0.323 e. The molecule has 2 aliphatic carbocycles. The number of rotatable bonds is 9. The molecule has 0 aromatic rings. The molecule has 0 N–H and O–H groups in total. The van der Waals surface area contributed by atoms with Crippen molar-refractivity contribution >= 4 is 20.0 Å². The summed E-state index contributed by atoms with van der Waals surface area (Å²) in [7, 11) is 1.70. The summed E-state index contributed by atoms with van der Waals surface area (Å²) in [5, 5.41) is 0. The van der Waals surface area contributed by atoms with Gasteiger partial charge in [-0.3, -0.25) is 9.59 Å². The summed E-state index contributed by atoms with van der Waals surface area (Å²) in [6.07, 6.45) is 7.42. The van der Waals surface area contributed by atoms with Crippen molar-refractivity contribution in [1.29, 1.82) is 0 Å². The Morgan fingerprint density at radius 1 is 0.963 bits per heavy atom. The number of esters is 2. The molecule has 0 bridgehead atoms. The van der Waals surface area contributed by atoms with Crippen LogP contribution in [-0.2, 0) is 19.1 Å². The minimum atomic E-state index is -1.11. The first-order valence-corrected chi connectivity index (χ1v) is 13.9. The summed E-state index contributed by atoms with van der Waals surface area (Å²) in [4.78, 5) is 25.6. The minimum absolute atomic E-state index is 0.0988. The second-order valence-electron chi connectivity index (χ2n) is 8.93. The van der Waals surface area contributed by atoms with Gasteiger partial charge in [0.15, 0.2) is 5.41 Å². The summed E-state index contributed by atoms with van der Waals surface area (Å²) >= 11 is 0. The van der Waals surface area contributed by atoms with Gasteiger partial charge in [-0.05, 0) is 37.0 Å². The topological polar surface area (TPSA) is 52.6 Å². The highest BCUT2D eigenvalue weighted by Gasteiger charge is 2.63. The fourth-order valence-electron chi connectivity index (χ4n) is 6.30. The zero-order valence-corrected chi connectivity index (χ0v) is 19.1. The quantitative estimate of drug-likeness (QED) is 0.296. The molecule has 0 heterocycles. The lowest BCUT2D eigenvalue weighted by Crippen LogP contribution is -2.46. The van der Waals surface area contributed by atoms with Crippen LogP contribution >= 0.6 is 0 Å². The van der Waals surface area contributed by atoms with Crippen molar-refractivity contribution in [3.63, 3.8) is 0 Å². The van der Waals surface area contributed by atoms with E-state index in [9.17, 15) is 9.59 Å². The van der Waals surface area contributed by atoms with E-state index < -0.39 is 13.5 Å². The fourth-order valence-corrected chi connectivity index (χ4v) is 9.82. The molecule has 3 atom stereocenters. The first-order chi connectivity index (χ1) is 12.9. The fraction of sp³-hybridized carbons (Fsp3) is 0.909. The number of carbonyl (C=O) groups is 2. The average molecular weight is 397 g/mol. The highest BCUT2D eigenvalue weighted by Crippen LogP contribution is 2.58. The van der Waals surface area contributed by atoms with Crippen molar-refractivity contribution in [1.82, 2.24) is 0 Å². The normalized spacial score (nSPS) is 27.1. The molecule has 0 amide bonds. The third-order valence-electron chi connectivity index (χ3n) is 8.27. The monoisotopic (exact) mass is 396 g/mol. The molecule has 2 aliphatic rings. The molecule has 2 saturated carbocycles. The molecule has 2 rings (SSSR count). The van der Waals surface area contributed by atoms with Crippen LogP contribution < -0.4 is 0 Å². The van der Waals surface area contributed by atoms with E-state index in [0.717, 1.165) is 25.7 Å². The average Bonchev–Trinajstić information content (AvgIpc) is 3.06. The van der Waals surface area contributed by atoms with Gasteiger partial charge in [-0.15, -0.1) is 0 Å². The predicted molar refractivity (Wildman–Crippen MR) is 111 cm³/mol. The van der Waals surface area contributed by atoms with Crippen LogP contribution in [0.1, 0.15) is 65.7 Å². The Morgan fingerprint density at radius 3 is 2.04 bits per heavy atom. The second-order valence-corrected chi connectivity index (χ2v) is 14.5. The lowest BCUT2D eigenvalue weighted by molar-refractivity contribution is -0.173. The Bertz CT molecular complexity index is 490. The van der Waals surface area contributed by atoms with E-state index in [1.165, 1.54) is 51.2 Å². The van der Waals surface area contributed by atoms with Gasteiger partial charge in [0, 0.05) is 0 Å². The lowest BCUT2D eigenvalue weighted by Gasteiger charge is -2.35. The van der Waals surface area contributed by atoms with Gasteiger partial charge in [0.05, 0.1) is 22.3 Å². The number of hydrogen-bond acceptors (Lipinski definition) is 4. The Hall–Kier alpha value is -0.843. The van der Waals surface area contributed by atoms with E-state index in [4.69, 9.17) is 9.47 Å². The maximum absolute atomic E-state index is 12.8. The van der Waals surface area contributed by atoms with Crippen molar-refractivity contribution in [2.24, 2.45) is 23.2 Å². The van der Waals surface area contributed by atoms with Crippen LogP contribution in [0.5, 0.6) is 0 Å². The van der Waals surface area contributed by atoms with Crippen molar-refractivity contribution in [3.05, 3.63) is 0 Å². The lowest BCUT2D eigenvalue weighted by atomic mass is 9.69. The van der Waals surface area contributed by atoms with Crippen LogP contribution in [0.2, 0.25) is 24.2 Å². The van der Waals surface area contributed by atoms with Gasteiger partial charge < -0.3 is 9.47 Å². The summed E-state index contributed by atoms with van der Waals surface area (Å²) in [6.45, 7) is 7.10. The van der Waals surface area contributed by atoms with Crippen LogP contribution in [0.4, 0.5) is 0 Å². The number of methoxy groups -OCH3 is 2. The van der Waals surface area contributed by atoms with Crippen LogP contribution in [-0.4, -0.2) is 34.2 Å². The maximum Gasteiger partial charge on any atom is 0.323 e. The molecule has 156 valence electrons. The molecule has 0 radical (unpaired) electrons. The number of hydrogen-bond donors (Lipinski definition) is 0. The SMILES string of the molecule is CC[Si](CC)(CC)CCC[C@H]1CC(C(=O)OC)(C(=O)OC)[C@@H]2CCCC[C@H]12. The summed E-state index contributed by atoms with van der Waals surface area (Å²) in [5.41, 5.74) is -1.06. The van der Waals surface area contributed by atoms with Gasteiger partial charge in [0.2, 0.25) is 0 Å². The minimum Gasteiger partial charge on any atom is -0.468 e. The molecule has 4 nitrogen and oxygen atoms in total. The van der Waals surface area contributed by atoms with Crippen molar-refractivity contribution in [2.75, 3.05) is 14.2 Å². The summed E-state index contributed by atoms with van der Waals surface area (Å²) < 4.78 is 10.3. The zero-order valence-electron chi connectivity index (χ0n) is 18.1. The highest BCUT2D eigenvalue weighted by atomic mass is 28.3. The summed E-state index contributed by atoms with van der Waals surface area (Å²) in [5.74, 6) is 0.284. The van der Waals surface area contributed by atoms with E-state index in [0.29, 0.717) is 18.3 Å². The Morgan fingerprint density at radius 2 is 1.52 bits per heavy atom. The highest BCUT2D eigenvalue weighted by molar-refractivity contribution is 6.79. The van der Waals surface area contributed by atoms with E-state index in [1.807, 2.05) is 0 Å².